The molecule has 0 aliphatic rings. The fraction of sp³-hybridized carbons (Fsp3) is 0.412. The van der Waals surface area contributed by atoms with E-state index < -0.39 is 0 Å². The van der Waals surface area contributed by atoms with Gasteiger partial charge in [-0.3, -0.25) is 0 Å². The molecule has 2 aromatic rings. The van der Waals surface area contributed by atoms with Crippen LogP contribution < -0.4 is 5.32 Å². The van der Waals surface area contributed by atoms with E-state index in [-0.39, 0.29) is 0 Å². The van der Waals surface area contributed by atoms with Gasteiger partial charge in [0.05, 0.1) is 6.04 Å². The average Bonchev–Trinajstić information content (AvgIpc) is 2.88. The van der Waals surface area contributed by atoms with Gasteiger partial charge in [0.15, 0.2) is 0 Å². The molecule has 0 aliphatic carbocycles. The summed E-state index contributed by atoms with van der Waals surface area (Å²) >= 11 is 3.72. The lowest BCUT2D eigenvalue weighted by Crippen LogP contribution is -2.23. The maximum Gasteiger partial charge on any atom is 0.0587 e. The topological polar surface area (TPSA) is 12.0 Å². The van der Waals surface area contributed by atoms with Gasteiger partial charge in [-0.05, 0) is 60.3 Å². The van der Waals surface area contributed by atoms with Crippen molar-refractivity contribution < 1.29 is 0 Å². The average molecular weight is 306 g/mol. The molecule has 0 amide bonds. The van der Waals surface area contributed by atoms with Gasteiger partial charge in [-0.2, -0.15) is 0 Å². The van der Waals surface area contributed by atoms with Gasteiger partial charge in [0, 0.05) is 9.77 Å². The summed E-state index contributed by atoms with van der Waals surface area (Å²) < 4.78 is 0. The summed E-state index contributed by atoms with van der Waals surface area (Å²) in [6, 6.07) is 11.6. The highest BCUT2D eigenvalue weighted by atomic mass is 32.2. The Morgan fingerprint density at radius 1 is 1.15 bits per heavy atom. The van der Waals surface area contributed by atoms with Crippen molar-refractivity contribution in [3.05, 3.63) is 51.7 Å². The Morgan fingerprint density at radius 3 is 2.45 bits per heavy atom. The molecule has 1 aromatic carbocycles. The molecule has 1 heterocycles. The van der Waals surface area contributed by atoms with Gasteiger partial charge < -0.3 is 5.32 Å². The Bertz CT molecular complexity index is 516. The SMILES string of the molecule is CCCNC(c1ccc(SCC)cc1)c1ccsc1C. The standard InChI is InChI=1S/C17H23NS2/c1-4-11-18-17(16-10-12-20-13(16)3)14-6-8-15(9-7-14)19-5-2/h6-10,12,17-18H,4-5,11H2,1-3H3. The molecule has 0 spiro atoms. The minimum absolute atomic E-state index is 0.321. The molecule has 2 rings (SSSR count). The minimum atomic E-state index is 0.321. The van der Waals surface area contributed by atoms with Crippen molar-refractivity contribution >= 4 is 23.1 Å². The molecule has 0 radical (unpaired) electrons. The van der Waals surface area contributed by atoms with Crippen LogP contribution >= 0.6 is 23.1 Å². The molecule has 0 saturated heterocycles. The predicted octanol–water partition coefficient (Wildman–Crippen LogP) is 5.26. The van der Waals surface area contributed by atoms with Crippen molar-refractivity contribution in [2.45, 2.75) is 38.1 Å². The number of thiophene rings is 1. The van der Waals surface area contributed by atoms with Gasteiger partial charge in [-0.1, -0.05) is 26.0 Å². The van der Waals surface area contributed by atoms with E-state index >= 15 is 0 Å². The Labute approximate surface area is 130 Å². The number of hydrogen-bond donors (Lipinski definition) is 1. The van der Waals surface area contributed by atoms with Gasteiger partial charge in [0.2, 0.25) is 0 Å². The molecule has 1 aromatic heterocycles. The van der Waals surface area contributed by atoms with Crippen molar-refractivity contribution in [2.75, 3.05) is 12.3 Å². The largest absolute Gasteiger partial charge is 0.306 e. The number of nitrogens with one attached hydrogen (secondary N) is 1. The first-order valence-corrected chi connectivity index (χ1v) is 9.13. The Morgan fingerprint density at radius 2 is 1.90 bits per heavy atom. The second-order valence-corrected chi connectivity index (χ2v) is 7.28. The van der Waals surface area contributed by atoms with Crippen molar-refractivity contribution in [1.82, 2.24) is 5.32 Å². The Balaban J connectivity index is 2.24. The number of aryl methyl sites for hydroxylation is 1. The lowest BCUT2D eigenvalue weighted by Gasteiger charge is -2.19. The molecule has 1 unspecified atom stereocenters. The Hall–Kier alpha value is -0.770. The van der Waals surface area contributed by atoms with Gasteiger partial charge >= 0.3 is 0 Å². The van der Waals surface area contributed by atoms with Crippen LogP contribution in [0, 0.1) is 6.92 Å². The summed E-state index contributed by atoms with van der Waals surface area (Å²) in [6.45, 7) is 7.66. The van der Waals surface area contributed by atoms with E-state index in [0.717, 1.165) is 18.7 Å². The van der Waals surface area contributed by atoms with Crippen molar-refractivity contribution in [3.63, 3.8) is 0 Å². The molecule has 3 heteroatoms. The molecule has 108 valence electrons. The zero-order valence-electron chi connectivity index (χ0n) is 12.5. The summed E-state index contributed by atoms with van der Waals surface area (Å²) in [5.41, 5.74) is 2.78. The first-order chi connectivity index (χ1) is 9.76. The van der Waals surface area contributed by atoms with Crippen LogP contribution in [0.1, 0.15) is 42.3 Å². The maximum absolute atomic E-state index is 3.68. The predicted molar refractivity (Wildman–Crippen MR) is 92.0 cm³/mol. The molecule has 20 heavy (non-hydrogen) atoms. The number of thioether (sulfide) groups is 1. The Kier molecular flexibility index (Phi) is 6.14. The molecule has 0 saturated carbocycles. The normalized spacial score (nSPS) is 12.6. The van der Waals surface area contributed by atoms with Crippen LogP contribution in [-0.4, -0.2) is 12.3 Å². The zero-order chi connectivity index (χ0) is 14.4. The lowest BCUT2D eigenvalue weighted by molar-refractivity contribution is 0.598. The third kappa shape index (κ3) is 3.87. The van der Waals surface area contributed by atoms with Gasteiger partial charge in [0.25, 0.3) is 0 Å². The quantitative estimate of drug-likeness (QED) is 0.700. The van der Waals surface area contributed by atoms with Crippen molar-refractivity contribution in [1.29, 1.82) is 0 Å². The van der Waals surface area contributed by atoms with Gasteiger partial charge in [0.1, 0.15) is 0 Å². The van der Waals surface area contributed by atoms with Gasteiger partial charge in [-0.25, -0.2) is 0 Å². The number of benzene rings is 1. The monoisotopic (exact) mass is 305 g/mol. The number of rotatable bonds is 7. The summed E-state index contributed by atoms with van der Waals surface area (Å²) in [6.07, 6.45) is 1.16. The third-order valence-electron chi connectivity index (χ3n) is 3.33. The highest BCUT2D eigenvalue weighted by Crippen LogP contribution is 2.29. The van der Waals surface area contributed by atoms with Crippen LogP contribution in [-0.2, 0) is 0 Å². The van der Waals surface area contributed by atoms with E-state index in [4.69, 9.17) is 0 Å². The first kappa shape index (κ1) is 15.6. The van der Waals surface area contributed by atoms with E-state index in [1.54, 1.807) is 0 Å². The van der Waals surface area contributed by atoms with Crippen LogP contribution in [0.25, 0.3) is 0 Å². The van der Waals surface area contributed by atoms with E-state index in [1.807, 2.05) is 23.1 Å². The zero-order valence-corrected chi connectivity index (χ0v) is 14.1. The smallest absolute Gasteiger partial charge is 0.0587 e. The van der Waals surface area contributed by atoms with Crippen LogP contribution in [0.3, 0.4) is 0 Å². The van der Waals surface area contributed by atoms with E-state index in [2.05, 4.69) is 61.8 Å². The fourth-order valence-corrected chi connectivity index (χ4v) is 3.72. The lowest BCUT2D eigenvalue weighted by atomic mass is 9.99. The van der Waals surface area contributed by atoms with E-state index in [9.17, 15) is 0 Å². The van der Waals surface area contributed by atoms with Crippen LogP contribution in [0.15, 0.2) is 40.6 Å². The maximum atomic E-state index is 3.68. The molecular weight excluding hydrogens is 282 g/mol. The summed E-state index contributed by atoms with van der Waals surface area (Å²) in [7, 11) is 0. The summed E-state index contributed by atoms with van der Waals surface area (Å²) in [5.74, 6) is 1.13. The summed E-state index contributed by atoms with van der Waals surface area (Å²) in [5, 5.41) is 5.87. The molecule has 1 N–H and O–H groups in total. The molecular formula is C17H23NS2. The molecule has 1 nitrogen and oxygen atoms in total. The van der Waals surface area contributed by atoms with E-state index in [1.165, 1.54) is 20.9 Å². The van der Waals surface area contributed by atoms with Crippen LogP contribution in [0.2, 0.25) is 0 Å². The fourth-order valence-electron chi connectivity index (χ4n) is 2.31. The molecule has 0 fully saturated rings. The van der Waals surface area contributed by atoms with Crippen LogP contribution in [0.4, 0.5) is 0 Å². The van der Waals surface area contributed by atoms with Crippen LogP contribution in [0.5, 0.6) is 0 Å². The first-order valence-electron chi connectivity index (χ1n) is 7.26. The second kappa shape index (κ2) is 7.87. The minimum Gasteiger partial charge on any atom is -0.306 e. The third-order valence-corrected chi connectivity index (χ3v) is 5.09. The molecule has 1 atom stereocenters. The highest BCUT2D eigenvalue weighted by Gasteiger charge is 2.16. The van der Waals surface area contributed by atoms with Crippen molar-refractivity contribution in [3.8, 4) is 0 Å². The van der Waals surface area contributed by atoms with E-state index in [0.29, 0.717) is 6.04 Å². The summed E-state index contributed by atoms with van der Waals surface area (Å²) in [4.78, 5) is 2.76. The van der Waals surface area contributed by atoms with Crippen molar-refractivity contribution in [2.24, 2.45) is 0 Å². The highest BCUT2D eigenvalue weighted by molar-refractivity contribution is 7.99. The molecule has 0 aliphatic heterocycles. The number of hydrogen-bond acceptors (Lipinski definition) is 3. The van der Waals surface area contributed by atoms with Gasteiger partial charge in [-0.15, -0.1) is 23.1 Å². The second-order valence-electron chi connectivity index (χ2n) is 4.82. The molecule has 0 bridgehead atoms.